The largest absolute Gasteiger partial charge is 0.462 e. The van der Waals surface area contributed by atoms with Gasteiger partial charge in [0, 0.05) is 19.3 Å². The normalized spacial score (nSPS) is 12.9. The minimum Gasteiger partial charge on any atom is -0.462 e. The topological polar surface area (TPSA) is 78.9 Å². The number of ether oxygens (including phenoxy) is 3. The second-order valence-corrected chi connectivity index (χ2v) is 16.7. The van der Waals surface area contributed by atoms with Crippen LogP contribution in [-0.4, -0.2) is 37.2 Å². The third-order valence-electron chi connectivity index (χ3n) is 10.5. The molecule has 0 saturated heterocycles. The first-order valence-corrected chi connectivity index (χ1v) is 25.7. The van der Waals surface area contributed by atoms with Gasteiger partial charge >= 0.3 is 17.9 Å². The zero-order chi connectivity index (χ0) is 45.8. The van der Waals surface area contributed by atoms with Gasteiger partial charge in [-0.05, 0) is 122 Å². The molecule has 0 heterocycles. The van der Waals surface area contributed by atoms with Gasteiger partial charge in [0.1, 0.15) is 13.2 Å². The summed E-state index contributed by atoms with van der Waals surface area (Å²) in [6, 6.07) is 0. The summed E-state index contributed by atoms with van der Waals surface area (Å²) >= 11 is 0. The molecule has 63 heavy (non-hydrogen) atoms. The number of carbonyl (C=O) groups excluding carboxylic acids is 3. The Hall–Kier alpha value is -3.67. The van der Waals surface area contributed by atoms with Crippen molar-refractivity contribution < 1.29 is 28.6 Å². The molecule has 1 unspecified atom stereocenters. The predicted octanol–water partition coefficient (Wildman–Crippen LogP) is 17.0. The van der Waals surface area contributed by atoms with Crippen molar-refractivity contribution in [1.29, 1.82) is 0 Å². The fourth-order valence-electron chi connectivity index (χ4n) is 6.67. The Balaban J connectivity index is 4.52. The molecule has 358 valence electrons. The van der Waals surface area contributed by atoms with Crippen LogP contribution in [0.2, 0.25) is 0 Å². The van der Waals surface area contributed by atoms with E-state index >= 15 is 0 Å². The van der Waals surface area contributed by atoms with Crippen LogP contribution in [0.25, 0.3) is 0 Å². The molecule has 0 aliphatic heterocycles. The smallest absolute Gasteiger partial charge is 0.306 e. The lowest BCUT2D eigenvalue weighted by Crippen LogP contribution is -2.30. The highest BCUT2D eigenvalue weighted by molar-refractivity contribution is 5.71. The van der Waals surface area contributed by atoms with Crippen molar-refractivity contribution in [2.24, 2.45) is 0 Å². The Morgan fingerprint density at radius 3 is 1.00 bits per heavy atom. The van der Waals surface area contributed by atoms with Gasteiger partial charge < -0.3 is 14.2 Å². The molecule has 6 nitrogen and oxygen atoms in total. The molecule has 0 N–H and O–H groups in total. The van der Waals surface area contributed by atoms with Crippen molar-refractivity contribution in [3.63, 3.8) is 0 Å². The van der Waals surface area contributed by atoms with E-state index in [0.29, 0.717) is 19.3 Å². The van der Waals surface area contributed by atoms with Crippen molar-refractivity contribution in [2.45, 2.75) is 232 Å². The van der Waals surface area contributed by atoms with Crippen molar-refractivity contribution in [3.8, 4) is 0 Å². The van der Waals surface area contributed by atoms with Gasteiger partial charge in [0.25, 0.3) is 0 Å². The van der Waals surface area contributed by atoms with Crippen LogP contribution in [0.15, 0.2) is 97.2 Å². The predicted molar refractivity (Wildman–Crippen MR) is 270 cm³/mol. The number of rotatable bonds is 45. The van der Waals surface area contributed by atoms with E-state index in [2.05, 4.69) is 118 Å². The van der Waals surface area contributed by atoms with Crippen molar-refractivity contribution in [1.82, 2.24) is 0 Å². The molecular formula is C57H94O6. The molecule has 0 aromatic carbocycles. The van der Waals surface area contributed by atoms with Gasteiger partial charge in [0.2, 0.25) is 0 Å². The van der Waals surface area contributed by atoms with Crippen LogP contribution >= 0.6 is 0 Å². The van der Waals surface area contributed by atoms with Crippen molar-refractivity contribution >= 4 is 17.9 Å². The van der Waals surface area contributed by atoms with Crippen LogP contribution in [0.5, 0.6) is 0 Å². The Kier molecular flexibility index (Phi) is 48.0. The molecule has 0 saturated carbocycles. The van der Waals surface area contributed by atoms with Crippen LogP contribution in [0.3, 0.4) is 0 Å². The molecule has 6 heteroatoms. The van der Waals surface area contributed by atoms with E-state index in [1.165, 1.54) is 51.4 Å². The summed E-state index contributed by atoms with van der Waals surface area (Å²) in [5, 5.41) is 0. The summed E-state index contributed by atoms with van der Waals surface area (Å²) < 4.78 is 16.7. The number of esters is 3. The number of hydrogen-bond acceptors (Lipinski definition) is 6. The molecule has 0 fully saturated rings. The van der Waals surface area contributed by atoms with Gasteiger partial charge in [0.05, 0.1) is 0 Å². The zero-order valence-electron chi connectivity index (χ0n) is 40.8. The Morgan fingerprint density at radius 2 is 0.619 bits per heavy atom. The maximum absolute atomic E-state index is 12.8. The lowest BCUT2D eigenvalue weighted by Gasteiger charge is -2.18. The molecule has 1 atom stereocenters. The van der Waals surface area contributed by atoms with E-state index in [1.807, 2.05) is 0 Å². The fourth-order valence-corrected chi connectivity index (χ4v) is 6.67. The average molecular weight is 875 g/mol. The van der Waals surface area contributed by atoms with Crippen LogP contribution < -0.4 is 0 Å². The Labute approximate surface area is 387 Å². The standard InChI is InChI=1S/C57H94O6/c1-4-7-10-13-16-19-22-25-28-31-34-37-40-43-46-49-55(58)61-52-54(63-57(60)51-48-45-42-39-36-33-30-27-24-21-18-15-12-9-6-3)53-62-56(59)50-47-44-41-38-35-32-29-26-23-20-17-14-11-8-5-2/h7,10,16-21,25-30,34,37,54H,4-6,8-9,11-15,22-24,31-33,35-36,38-53H2,1-3H3/b10-7-,19-16-,20-17-,21-18-,28-25-,29-26-,30-27-,37-34-. The SMILES string of the molecule is CC/C=C\C/C=C\C/C=C\C/C=C\CCCCC(=O)OCC(COC(=O)CCCCCCC/C=C\C/C=C\CCCCC)OC(=O)CCCCCCC/C=C\C/C=C\CCCCC. The number of hydrogen-bond donors (Lipinski definition) is 0. The highest BCUT2D eigenvalue weighted by Gasteiger charge is 2.19. The van der Waals surface area contributed by atoms with Crippen molar-refractivity contribution in [3.05, 3.63) is 97.2 Å². The summed E-state index contributed by atoms with van der Waals surface area (Å²) in [5.74, 6) is -0.978. The lowest BCUT2D eigenvalue weighted by molar-refractivity contribution is -0.167. The van der Waals surface area contributed by atoms with Crippen molar-refractivity contribution in [2.75, 3.05) is 13.2 Å². The van der Waals surface area contributed by atoms with Gasteiger partial charge in [-0.1, -0.05) is 182 Å². The second kappa shape index (κ2) is 51.0. The van der Waals surface area contributed by atoms with Gasteiger partial charge in [-0.2, -0.15) is 0 Å². The van der Waals surface area contributed by atoms with Crippen LogP contribution in [0, 0.1) is 0 Å². The maximum Gasteiger partial charge on any atom is 0.306 e. The van der Waals surface area contributed by atoms with E-state index in [4.69, 9.17) is 14.2 Å². The van der Waals surface area contributed by atoms with Crippen LogP contribution in [0.1, 0.15) is 226 Å². The third kappa shape index (κ3) is 49.2. The molecule has 0 radical (unpaired) electrons. The van der Waals surface area contributed by atoms with E-state index in [0.717, 1.165) is 135 Å². The fraction of sp³-hybridized carbons (Fsp3) is 0.667. The third-order valence-corrected chi connectivity index (χ3v) is 10.5. The molecule has 0 amide bonds. The van der Waals surface area contributed by atoms with E-state index in [1.54, 1.807) is 0 Å². The summed E-state index contributed by atoms with van der Waals surface area (Å²) in [4.78, 5) is 38.0. The lowest BCUT2D eigenvalue weighted by atomic mass is 10.1. The first-order valence-electron chi connectivity index (χ1n) is 25.7. The summed E-state index contributed by atoms with van der Waals surface area (Å²) in [5.41, 5.74) is 0. The van der Waals surface area contributed by atoms with E-state index < -0.39 is 6.10 Å². The second-order valence-electron chi connectivity index (χ2n) is 16.7. The molecule has 0 aliphatic rings. The minimum absolute atomic E-state index is 0.105. The monoisotopic (exact) mass is 875 g/mol. The minimum atomic E-state index is -0.808. The molecular weight excluding hydrogens is 781 g/mol. The van der Waals surface area contributed by atoms with E-state index in [9.17, 15) is 14.4 Å². The number of allylic oxidation sites excluding steroid dienone is 16. The quantitative estimate of drug-likeness (QED) is 0.0262. The average Bonchev–Trinajstić information content (AvgIpc) is 3.28. The highest BCUT2D eigenvalue weighted by Crippen LogP contribution is 2.13. The van der Waals surface area contributed by atoms with Gasteiger partial charge in [-0.15, -0.1) is 0 Å². The summed E-state index contributed by atoms with van der Waals surface area (Å²) in [6.45, 7) is 6.40. The molecule has 0 rings (SSSR count). The molecule has 0 aromatic rings. The van der Waals surface area contributed by atoms with E-state index in [-0.39, 0.29) is 31.1 Å². The summed E-state index contributed by atoms with van der Waals surface area (Å²) in [7, 11) is 0. The number of unbranched alkanes of at least 4 members (excludes halogenated alkanes) is 18. The molecule has 0 spiro atoms. The Bertz CT molecular complexity index is 1280. The molecule has 0 aliphatic carbocycles. The Morgan fingerprint density at radius 1 is 0.333 bits per heavy atom. The first-order chi connectivity index (χ1) is 31.0. The summed E-state index contributed by atoms with van der Waals surface area (Å²) in [6.07, 6.45) is 66.7. The number of carbonyl (C=O) groups is 3. The van der Waals surface area contributed by atoms with Crippen LogP contribution in [0.4, 0.5) is 0 Å². The maximum atomic E-state index is 12.8. The molecule has 0 aromatic heterocycles. The van der Waals surface area contributed by atoms with Gasteiger partial charge in [-0.25, -0.2) is 0 Å². The molecule has 0 bridgehead atoms. The highest BCUT2D eigenvalue weighted by atomic mass is 16.6. The van der Waals surface area contributed by atoms with Crippen LogP contribution in [-0.2, 0) is 28.6 Å². The zero-order valence-corrected chi connectivity index (χ0v) is 40.8. The van der Waals surface area contributed by atoms with Gasteiger partial charge in [-0.3, -0.25) is 14.4 Å². The van der Waals surface area contributed by atoms with Gasteiger partial charge in [0.15, 0.2) is 6.10 Å². The first kappa shape index (κ1) is 59.3.